The number of benzene rings is 1. The van der Waals surface area contributed by atoms with E-state index in [1.54, 1.807) is 0 Å². The second-order valence-corrected chi connectivity index (χ2v) is 6.11. The lowest BCUT2D eigenvalue weighted by atomic mass is 10.1. The standard InChI is InChI=1S/C11H12F4N2O2S/c12-7-4-8(13)10(15)11(9(7)14)20(18,19)17-6-2-1-3-16-5-6/h4,6,16-17H,1-3,5H2/t6-/m1/s1. The average molecular weight is 312 g/mol. The van der Waals surface area contributed by atoms with Gasteiger partial charge in [0.1, 0.15) is 0 Å². The lowest BCUT2D eigenvalue weighted by molar-refractivity contribution is 0.407. The first-order valence-electron chi connectivity index (χ1n) is 5.89. The summed E-state index contributed by atoms with van der Waals surface area (Å²) in [6.45, 7) is 0.982. The van der Waals surface area contributed by atoms with Gasteiger partial charge in [-0.3, -0.25) is 0 Å². The molecule has 2 N–H and O–H groups in total. The van der Waals surface area contributed by atoms with Crippen molar-refractivity contribution in [1.29, 1.82) is 0 Å². The van der Waals surface area contributed by atoms with Crippen LogP contribution in [-0.2, 0) is 10.0 Å². The zero-order valence-corrected chi connectivity index (χ0v) is 11.0. The van der Waals surface area contributed by atoms with E-state index in [2.05, 4.69) is 5.32 Å². The van der Waals surface area contributed by atoms with Crippen LogP contribution in [0.5, 0.6) is 0 Å². The third kappa shape index (κ3) is 2.94. The molecule has 112 valence electrons. The molecule has 1 aliphatic heterocycles. The summed E-state index contributed by atoms with van der Waals surface area (Å²) < 4.78 is 78.9. The molecule has 0 spiro atoms. The summed E-state index contributed by atoms with van der Waals surface area (Å²) in [5, 5.41) is 2.90. The third-order valence-corrected chi connectivity index (χ3v) is 4.50. The van der Waals surface area contributed by atoms with Crippen LogP contribution >= 0.6 is 0 Å². The van der Waals surface area contributed by atoms with Gasteiger partial charge in [0.2, 0.25) is 10.0 Å². The molecule has 0 bridgehead atoms. The fraction of sp³-hybridized carbons (Fsp3) is 0.455. The zero-order chi connectivity index (χ0) is 14.9. The molecule has 0 aliphatic carbocycles. The van der Waals surface area contributed by atoms with Crippen molar-refractivity contribution in [3.05, 3.63) is 29.3 Å². The van der Waals surface area contributed by atoms with E-state index < -0.39 is 44.2 Å². The van der Waals surface area contributed by atoms with E-state index in [1.165, 1.54) is 0 Å². The Morgan fingerprint density at radius 1 is 1.15 bits per heavy atom. The predicted molar refractivity (Wildman–Crippen MR) is 62.5 cm³/mol. The summed E-state index contributed by atoms with van der Waals surface area (Å²) in [4.78, 5) is -1.62. The van der Waals surface area contributed by atoms with Crippen LogP contribution < -0.4 is 10.0 Å². The zero-order valence-electron chi connectivity index (χ0n) is 10.2. The Balaban J connectivity index is 2.38. The quantitative estimate of drug-likeness (QED) is 0.653. The van der Waals surface area contributed by atoms with Gasteiger partial charge >= 0.3 is 0 Å². The summed E-state index contributed by atoms with van der Waals surface area (Å²) in [6, 6.07) is -0.620. The Hall–Kier alpha value is -1.19. The van der Waals surface area contributed by atoms with Crippen molar-refractivity contribution in [3.8, 4) is 0 Å². The maximum Gasteiger partial charge on any atom is 0.246 e. The highest BCUT2D eigenvalue weighted by molar-refractivity contribution is 7.89. The molecule has 9 heteroatoms. The van der Waals surface area contributed by atoms with Gasteiger partial charge < -0.3 is 5.32 Å². The van der Waals surface area contributed by atoms with Crippen LogP contribution in [0.3, 0.4) is 0 Å². The van der Waals surface area contributed by atoms with E-state index >= 15 is 0 Å². The van der Waals surface area contributed by atoms with Gasteiger partial charge in [0.05, 0.1) is 0 Å². The Labute approximate surface area is 113 Å². The van der Waals surface area contributed by atoms with Gasteiger partial charge in [0.15, 0.2) is 28.2 Å². The summed E-state index contributed by atoms with van der Waals surface area (Å²) in [5.74, 6) is -7.38. The van der Waals surface area contributed by atoms with Crippen molar-refractivity contribution in [3.63, 3.8) is 0 Å². The van der Waals surface area contributed by atoms with E-state index in [4.69, 9.17) is 0 Å². The van der Waals surface area contributed by atoms with Crippen LogP contribution in [0.15, 0.2) is 11.0 Å². The largest absolute Gasteiger partial charge is 0.315 e. The molecule has 1 saturated heterocycles. The molecule has 4 nitrogen and oxygen atoms in total. The molecule has 1 aromatic carbocycles. The molecule has 0 saturated carbocycles. The molecule has 0 unspecified atom stereocenters. The number of hydrogen-bond acceptors (Lipinski definition) is 3. The monoisotopic (exact) mass is 312 g/mol. The van der Waals surface area contributed by atoms with Crippen LogP contribution in [0.1, 0.15) is 12.8 Å². The molecule has 0 aromatic heterocycles. The summed E-state index contributed by atoms with van der Waals surface area (Å²) in [5.41, 5.74) is 0. The molecule has 1 atom stereocenters. The Morgan fingerprint density at radius 2 is 1.75 bits per heavy atom. The van der Waals surface area contributed by atoms with Crippen molar-refractivity contribution >= 4 is 10.0 Å². The van der Waals surface area contributed by atoms with Crippen LogP contribution in [0.25, 0.3) is 0 Å². The Kier molecular flexibility index (Phi) is 4.31. The maximum atomic E-state index is 13.5. The minimum atomic E-state index is -4.69. The number of sulfonamides is 1. The van der Waals surface area contributed by atoms with Gasteiger partial charge in [0, 0.05) is 18.7 Å². The maximum absolute atomic E-state index is 13.5. The van der Waals surface area contributed by atoms with E-state index in [0.29, 0.717) is 19.4 Å². The minimum absolute atomic E-state index is 0.0359. The SMILES string of the molecule is O=S(=O)(N[C@@H]1CCCNC1)c1c(F)c(F)cc(F)c1F. The van der Waals surface area contributed by atoms with Crippen molar-refractivity contribution < 1.29 is 26.0 Å². The second-order valence-electron chi connectivity index (χ2n) is 4.46. The van der Waals surface area contributed by atoms with Gasteiger partial charge in [-0.25, -0.2) is 30.7 Å². The highest BCUT2D eigenvalue weighted by Gasteiger charge is 2.31. The number of nitrogens with one attached hydrogen (secondary N) is 2. The third-order valence-electron chi connectivity index (χ3n) is 2.96. The molecule has 1 heterocycles. The molecule has 0 radical (unpaired) electrons. The molecule has 1 aliphatic rings. The number of halogens is 4. The Morgan fingerprint density at radius 3 is 2.25 bits per heavy atom. The van der Waals surface area contributed by atoms with E-state index in [9.17, 15) is 26.0 Å². The number of hydrogen-bond donors (Lipinski definition) is 2. The van der Waals surface area contributed by atoms with Crippen LogP contribution in [0, 0.1) is 23.3 Å². The van der Waals surface area contributed by atoms with Crippen LogP contribution in [-0.4, -0.2) is 27.5 Å². The number of rotatable bonds is 3. The first-order chi connectivity index (χ1) is 9.33. The Bertz CT molecular complexity index is 589. The minimum Gasteiger partial charge on any atom is -0.315 e. The lowest BCUT2D eigenvalue weighted by Gasteiger charge is -2.23. The average Bonchev–Trinajstić information content (AvgIpc) is 2.37. The van der Waals surface area contributed by atoms with Crippen molar-refractivity contribution in [2.75, 3.05) is 13.1 Å². The van der Waals surface area contributed by atoms with Gasteiger partial charge in [-0.2, -0.15) is 0 Å². The summed E-state index contributed by atoms with van der Waals surface area (Å²) in [7, 11) is -4.69. The highest BCUT2D eigenvalue weighted by Crippen LogP contribution is 2.24. The van der Waals surface area contributed by atoms with E-state index in [-0.39, 0.29) is 12.6 Å². The summed E-state index contributed by atoms with van der Waals surface area (Å²) in [6.07, 6.45) is 1.14. The molecule has 0 amide bonds. The topological polar surface area (TPSA) is 58.2 Å². The van der Waals surface area contributed by atoms with Gasteiger partial charge in [0.25, 0.3) is 0 Å². The first-order valence-corrected chi connectivity index (χ1v) is 7.37. The molecular formula is C11H12F4N2O2S. The molecule has 2 rings (SSSR count). The fourth-order valence-corrected chi connectivity index (χ4v) is 3.44. The van der Waals surface area contributed by atoms with Gasteiger partial charge in [-0.1, -0.05) is 0 Å². The van der Waals surface area contributed by atoms with E-state index in [0.717, 1.165) is 0 Å². The lowest BCUT2D eigenvalue weighted by Crippen LogP contribution is -2.45. The van der Waals surface area contributed by atoms with Crippen molar-refractivity contribution in [1.82, 2.24) is 10.0 Å². The predicted octanol–water partition coefficient (Wildman–Crippen LogP) is 1.27. The smallest absolute Gasteiger partial charge is 0.246 e. The number of piperidine rings is 1. The van der Waals surface area contributed by atoms with Gasteiger partial charge in [-0.05, 0) is 19.4 Å². The van der Waals surface area contributed by atoms with Crippen LogP contribution in [0.2, 0.25) is 0 Å². The molecule has 1 fully saturated rings. The normalized spacial score (nSPS) is 20.1. The van der Waals surface area contributed by atoms with Crippen molar-refractivity contribution in [2.45, 2.75) is 23.8 Å². The van der Waals surface area contributed by atoms with E-state index in [1.807, 2.05) is 4.72 Å². The van der Waals surface area contributed by atoms with Gasteiger partial charge in [-0.15, -0.1) is 0 Å². The van der Waals surface area contributed by atoms with Crippen molar-refractivity contribution in [2.24, 2.45) is 0 Å². The second kappa shape index (κ2) is 5.66. The fourth-order valence-electron chi connectivity index (χ4n) is 2.02. The summed E-state index contributed by atoms with van der Waals surface area (Å²) >= 11 is 0. The molecule has 1 aromatic rings. The molecular weight excluding hydrogens is 300 g/mol. The molecule has 20 heavy (non-hydrogen) atoms. The van der Waals surface area contributed by atoms with Crippen LogP contribution in [0.4, 0.5) is 17.6 Å². The highest BCUT2D eigenvalue weighted by atomic mass is 32.2. The first kappa shape index (κ1) is 15.2.